The molecule has 0 atom stereocenters. The monoisotopic (exact) mass is 132 g/mol. The molecule has 1 N–H and O–H groups in total. The Kier molecular flexibility index (Phi) is 1.18. The van der Waals surface area contributed by atoms with Crippen molar-refractivity contribution in [1.82, 2.24) is 0 Å². The van der Waals surface area contributed by atoms with Crippen molar-refractivity contribution in [2.24, 2.45) is 0 Å². The molecule has 0 aliphatic carbocycles. The number of carboxylic acid groups (broad SMARTS) is 1. The van der Waals surface area contributed by atoms with E-state index in [1.165, 1.54) is 0 Å². The van der Waals surface area contributed by atoms with E-state index < -0.39 is 19.6 Å². The van der Waals surface area contributed by atoms with E-state index in [1.807, 2.05) is 0 Å². The fourth-order valence-corrected chi connectivity index (χ4v) is 0.296. The maximum absolute atomic E-state index is 9.77. The molecular weight excluding hydrogens is 131 g/mol. The van der Waals surface area contributed by atoms with E-state index in [-0.39, 0.29) is 0 Å². The third-order valence-electron chi connectivity index (χ3n) is 0.582. The Morgan fingerprint density at radius 1 is 1.67 bits per heavy atom. The maximum Gasteiger partial charge on any atom is 0.877 e. The summed E-state index contributed by atoms with van der Waals surface area (Å²) in [5, 5.41) is 7.84. The molecule has 6 nitrogen and oxygen atoms in total. The molecule has 0 radical (unpaired) electrons. The van der Waals surface area contributed by atoms with Crippen molar-refractivity contribution in [3.63, 3.8) is 0 Å². The molecule has 0 amide bonds. The number of carbonyl (C=O) groups excluding carboxylic acids is 1. The van der Waals surface area contributed by atoms with Crippen molar-refractivity contribution in [3.8, 4) is 0 Å². The van der Waals surface area contributed by atoms with E-state index in [0.29, 0.717) is 0 Å². The largest absolute Gasteiger partial charge is 0.877 e. The third kappa shape index (κ3) is 1.25. The van der Waals surface area contributed by atoms with Crippen LogP contribution < -0.4 is 0 Å². The lowest BCUT2D eigenvalue weighted by atomic mass is 10.2. The zero-order valence-corrected chi connectivity index (χ0v) is 4.07. The predicted octanol–water partition coefficient (Wildman–Crippen LogP) is -0.167. The summed E-state index contributed by atoms with van der Waals surface area (Å²) in [7, 11) is -1.37. The van der Waals surface area contributed by atoms with Crippen LogP contribution in [0.1, 0.15) is 0 Å². The van der Waals surface area contributed by atoms with Crippen LogP contribution in [0.2, 0.25) is 0 Å². The summed E-state index contributed by atoms with van der Waals surface area (Å²) in [6.07, 6.45) is -2.48. The third-order valence-corrected chi connectivity index (χ3v) is 0.582. The van der Waals surface area contributed by atoms with Gasteiger partial charge in [0.1, 0.15) is 0 Å². The van der Waals surface area contributed by atoms with Crippen LogP contribution in [0.3, 0.4) is 0 Å². The highest BCUT2D eigenvalue weighted by molar-refractivity contribution is 6.48. The van der Waals surface area contributed by atoms with E-state index in [2.05, 4.69) is 14.0 Å². The topological polar surface area (TPSA) is 82.1 Å². The first-order valence-electron chi connectivity index (χ1n) is 1.95. The van der Waals surface area contributed by atoms with Gasteiger partial charge in [-0.1, -0.05) is 0 Å². The minimum atomic E-state index is -1.55. The fourth-order valence-electron chi connectivity index (χ4n) is 0.296. The smallest absolute Gasteiger partial charge is 0.451 e. The molecular formula is C2HBO6. The molecule has 9 heavy (non-hydrogen) atoms. The van der Waals surface area contributed by atoms with Gasteiger partial charge in [-0.25, -0.2) is 9.59 Å². The molecule has 1 fully saturated rings. The lowest BCUT2D eigenvalue weighted by Crippen LogP contribution is -2.43. The van der Waals surface area contributed by atoms with Gasteiger partial charge in [-0.15, -0.1) is 0 Å². The number of carbonyl (C=O) groups is 2. The van der Waals surface area contributed by atoms with Crippen molar-refractivity contribution < 1.29 is 28.7 Å². The molecule has 1 heterocycles. The minimum Gasteiger partial charge on any atom is -0.451 e. The van der Waals surface area contributed by atoms with Gasteiger partial charge in [0.15, 0.2) is 0 Å². The number of rotatable bonds is 1. The Morgan fingerprint density at radius 3 is 2.56 bits per heavy atom. The summed E-state index contributed by atoms with van der Waals surface area (Å²) >= 11 is 0. The van der Waals surface area contributed by atoms with Crippen molar-refractivity contribution >= 4 is 19.6 Å². The second-order valence-electron chi connectivity index (χ2n) is 1.16. The standard InChI is InChI=1S/C2HBO6/c4-1(5)7-3-8-2(6)9-3/h(H,4,5). The Hall–Kier alpha value is -1.40. The van der Waals surface area contributed by atoms with Gasteiger partial charge in [-0.05, 0) is 0 Å². The first kappa shape index (κ1) is 5.74. The Labute approximate surface area is 49.5 Å². The van der Waals surface area contributed by atoms with Crippen molar-refractivity contribution in [2.45, 2.75) is 0 Å². The normalized spacial score (nSPS) is 15.1. The van der Waals surface area contributed by atoms with Crippen molar-refractivity contribution in [2.75, 3.05) is 0 Å². The van der Waals surface area contributed by atoms with Crippen LogP contribution in [0.5, 0.6) is 0 Å². The summed E-state index contributed by atoms with van der Waals surface area (Å²) in [4.78, 5) is 19.4. The SMILES string of the molecule is O=C(O)OB1OC(=O)O1. The summed E-state index contributed by atoms with van der Waals surface area (Å²) < 4.78 is 11.8. The van der Waals surface area contributed by atoms with Crippen LogP contribution in [0.15, 0.2) is 0 Å². The Bertz CT molecular complexity index is 145. The van der Waals surface area contributed by atoms with Crippen LogP contribution in [0, 0.1) is 0 Å². The Morgan fingerprint density at radius 2 is 2.22 bits per heavy atom. The molecule has 0 unspecified atom stereocenters. The fraction of sp³-hybridized carbons (Fsp3) is 0. The highest BCUT2D eigenvalue weighted by Gasteiger charge is 2.46. The van der Waals surface area contributed by atoms with E-state index in [1.54, 1.807) is 0 Å². The highest BCUT2D eigenvalue weighted by atomic mass is 16.9. The molecule has 48 valence electrons. The van der Waals surface area contributed by atoms with Gasteiger partial charge in [0.05, 0.1) is 0 Å². The first-order valence-corrected chi connectivity index (χ1v) is 1.95. The summed E-state index contributed by atoms with van der Waals surface area (Å²) in [6, 6.07) is 0. The van der Waals surface area contributed by atoms with Crippen LogP contribution in [0.25, 0.3) is 0 Å². The maximum atomic E-state index is 9.77. The van der Waals surface area contributed by atoms with Crippen LogP contribution >= 0.6 is 0 Å². The van der Waals surface area contributed by atoms with Gasteiger partial charge in [0.25, 0.3) is 0 Å². The molecule has 0 aromatic carbocycles. The van der Waals surface area contributed by atoms with Gasteiger partial charge in [-0.2, -0.15) is 0 Å². The molecule has 1 aliphatic heterocycles. The van der Waals surface area contributed by atoms with Crippen LogP contribution in [0.4, 0.5) is 9.59 Å². The van der Waals surface area contributed by atoms with Crippen molar-refractivity contribution in [3.05, 3.63) is 0 Å². The lowest BCUT2D eigenvalue weighted by molar-refractivity contribution is 0.0376. The summed E-state index contributed by atoms with van der Waals surface area (Å²) in [6.45, 7) is 0. The summed E-state index contributed by atoms with van der Waals surface area (Å²) in [5.41, 5.74) is 0. The minimum absolute atomic E-state index is 0.929. The average molecular weight is 132 g/mol. The van der Waals surface area contributed by atoms with Crippen molar-refractivity contribution in [1.29, 1.82) is 0 Å². The molecule has 0 saturated carbocycles. The van der Waals surface area contributed by atoms with E-state index in [0.717, 1.165) is 0 Å². The quantitative estimate of drug-likeness (QED) is 0.498. The van der Waals surface area contributed by atoms with Gasteiger partial charge in [0, 0.05) is 0 Å². The number of hydrogen-bond donors (Lipinski definition) is 1. The molecule has 7 heteroatoms. The molecule has 0 spiro atoms. The molecule has 0 bridgehead atoms. The zero-order valence-electron chi connectivity index (χ0n) is 4.07. The lowest BCUT2D eigenvalue weighted by Gasteiger charge is -2.17. The van der Waals surface area contributed by atoms with E-state index in [9.17, 15) is 9.59 Å². The van der Waals surface area contributed by atoms with E-state index in [4.69, 9.17) is 5.11 Å². The van der Waals surface area contributed by atoms with Gasteiger partial charge in [0.2, 0.25) is 0 Å². The van der Waals surface area contributed by atoms with Crippen LogP contribution in [-0.4, -0.2) is 24.7 Å². The molecule has 1 saturated heterocycles. The van der Waals surface area contributed by atoms with Gasteiger partial charge >= 0.3 is 19.6 Å². The zero-order chi connectivity index (χ0) is 6.85. The first-order chi connectivity index (χ1) is 4.18. The second kappa shape index (κ2) is 1.84. The highest BCUT2D eigenvalue weighted by Crippen LogP contribution is 2.06. The predicted molar refractivity (Wildman–Crippen MR) is 22.4 cm³/mol. The van der Waals surface area contributed by atoms with Gasteiger partial charge < -0.3 is 19.1 Å². The molecule has 1 rings (SSSR count). The second-order valence-corrected chi connectivity index (χ2v) is 1.16. The van der Waals surface area contributed by atoms with Crippen LogP contribution in [-0.2, 0) is 14.0 Å². The molecule has 0 aromatic heterocycles. The Balaban J connectivity index is 2.18. The molecule has 1 aliphatic rings. The molecule has 0 aromatic rings. The van der Waals surface area contributed by atoms with Gasteiger partial charge in [-0.3, -0.25) is 0 Å². The van der Waals surface area contributed by atoms with E-state index >= 15 is 0 Å². The number of hydrogen-bond acceptors (Lipinski definition) is 5. The average Bonchev–Trinajstić information content (AvgIpc) is 1.60. The summed E-state index contributed by atoms with van der Waals surface area (Å²) in [5.74, 6) is 0.